The Hall–Kier alpha value is -0.500. The van der Waals surface area contributed by atoms with Crippen molar-refractivity contribution in [2.45, 2.75) is 13.0 Å². The molecular formula is C11H13Cl2N. The van der Waals surface area contributed by atoms with Gasteiger partial charge in [-0.25, -0.2) is 0 Å². The topological polar surface area (TPSA) is 12.0 Å². The van der Waals surface area contributed by atoms with Crippen LogP contribution in [-0.2, 0) is 0 Å². The van der Waals surface area contributed by atoms with Crippen LogP contribution in [0.4, 0.5) is 0 Å². The van der Waals surface area contributed by atoms with Gasteiger partial charge < -0.3 is 5.32 Å². The predicted molar refractivity (Wildman–Crippen MR) is 63.1 cm³/mol. The maximum atomic E-state index is 6.05. The molecule has 0 radical (unpaired) electrons. The molecule has 1 rings (SSSR count). The highest BCUT2D eigenvalue weighted by Gasteiger charge is 2.08. The van der Waals surface area contributed by atoms with Gasteiger partial charge in [0, 0.05) is 22.6 Å². The van der Waals surface area contributed by atoms with E-state index in [1.807, 2.05) is 18.2 Å². The Labute approximate surface area is 94.7 Å². The second kappa shape index (κ2) is 5.40. The van der Waals surface area contributed by atoms with Crippen molar-refractivity contribution in [2.24, 2.45) is 0 Å². The molecule has 0 fully saturated rings. The highest BCUT2D eigenvalue weighted by molar-refractivity contribution is 6.35. The van der Waals surface area contributed by atoms with Crippen LogP contribution in [0.5, 0.6) is 0 Å². The Morgan fingerprint density at radius 3 is 2.79 bits per heavy atom. The van der Waals surface area contributed by atoms with Gasteiger partial charge in [0.25, 0.3) is 0 Å². The second-order valence-corrected chi connectivity index (χ2v) is 3.93. The lowest BCUT2D eigenvalue weighted by atomic mass is 10.1. The molecule has 0 amide bonds. The summed E-state index contributed by atoms with van der Waals surface area (Å²) in [6, 6.07) is 5.74. The summed E-state index contributed by atoms with van der Waals surface area (Å²) in [7, 11) is 0. The summed E-state index contributed by atoms with van der Waals surface area (Å²) in [4.78, 5) is 0. The van der Waals surface area contributed by atoms with Gasteiger partial charge in [-0.05, 0) is 24.6 Å². The van der Waals surface area contributed by atoms with E-state index < -0.39 is 0 Å². The minimum absolute atomic E-state index is 0.206. The van der Waals surface area contributed by atoms with Crippen molar-refractivity contribution in [2.75, 3.05) is 6.54 Å². The average Bonchev–Trinajstić information content (AvgIpc) is 2.14. The molecule has 0 aliphatic heterocycles. The van der Waals surface area contributed by atoms with E-state index in [1.54, 1.807) is 6.07 Å². The van der Waals surface area contributed by atoms with Crippen LogP contribution in [0.25, 0.3) is 0 Å². The summed E-state index contributed by atoms with van der Waals surface area (Å²) >= 11 is 11.9. The number of nitrogens with one attached hydrogen (secondary N) is 1. The van der Waals surface area contributed by atoms with Crippen LogP contribution in [0.1, 0.15) is 18.5 Å². The molecule has 0 saturated carbocycles. The maximum Gasteiger partial charge on any atom is 0.0468 e. The predicted octanol–water partition coefficient (Wildman–Crippen LogP) is 3.83. The lowest BCUT2D eigenvalue weighted by Crippen LogP contribution is -2.18. The molecule has 14 heavy (non-hydrogen) atoms. The standard InChI is InChI=1S/C11H13Cl2N/c1-3-6-14-8(2)10-5-4-9(12)7-11(10)13/h3-5,7-8,14H,1,6H2,2H3/t8-/m1/s1. The van der Waals surface area contributed by atoms with E-state index >= 15 is 0 Å². The van der Waals surface area contributed by atoms with Gasteiger partial charge in [-0.2, -0.15) is 0 Å². The molecule has 0 aromatic heterocycles. The van der Waals surface area contributed by atoms with Crippen LogP contribution in [0.3, 0.4) is 0 Å². The lowest BCUT2D eigenvalue weighted by molar-refractivity contribution is 0.618. The number of halogens is 2. The molecular weight excluding hydrogens is 217 g/mol. The van der Waals surface area contributed by atoms with Gasteiger partial charge in [0.2, 0.25) is 0 Å². The minimum atomic E-state index is 0.206. The number of benzene rings is 1. The number of rotatable bonds is 4. The summed E-state index contributed by atoms with van der Waals surface area (Å²) < 4.78 is 0. The van der Waals surface area contributed by atoms with Crippen LogP contribution in [0.2, 0.25) is 10.0 Å². The summed E-state index contributed by atoms with van der Waals surface area (Å²) in [5, 5.41) is 4.62. The Bertz CT molecular complexity index is 323. The molecule has 0 aliphatic carbocycles. The summed E-state index contributed by atoms with van der Waals surface area (Å²) in [5.74, 6) is 0. The lowest BCUT2D eigenvalue weighted by Gasteiger charge is -2.14. The molecule has 1 N–H and O–H groups in total. The summed E-state index contributed by atoms with van der Waals surface area (Å²) in [6.45, 7) is 6.46. The Kier molecular flexibility index (Phi) is 4.46. The van der Waals surface area contributed by atoms with E-state index in [0.717, 1.165) is 12.1 Å². The zero-order valence-corrected chi connectivity index (χ0v) is 9.57. The smallest absolute Gasteiger partial charge is 0.0468 e. The van der Waals surface area contributed by atoms with Crippen molar-refractivity contribution in [3.05, 3.63) is 46.5 Å². The van der Waals surface area contributed by atoms with Crippen molar-refractivity contribution in [1.82, 2.24) is 5.32 Å². The maximum absolute atomic E-state index is 6.05. The van der Waals surface area contributed by atoms with Crippen molar-refractivity contribution < 1.29 is 0 Å². The molecule has 0 saturated heterocycles. The molecule has 0 aliphatic rings. The number of hydrogen-bond donors (Lipinski definition) is 1. The van der Waals surface area contributed by atoms with E-state index in [1.165, 1.54) is 0 Å². The third kappa shape index (κ3) is 3.02. The van der Waals surface area contributed by atoms with Crippen molar-refractivity contribution >= 4 is 23.2 Å². The number of hydrogen-bond acceptors (Lipinski definition) is 1. The van der Waals surface area contributed by atoms with Crippen molar-refractivity contribution in [3.8, 4) is 0 Å². The van der Waals surface area contributed by atoms with Gasteiger partial charge in [0.05, 0.1) is 0 Å². The molecule has 0 bridgehead atoms. The van der Waals surface area contributed by atoms with Gasteiger partial charge in [-0.15, -0.1) is 6.58 Å². The molecule has 3 heteroatoms. The van der Waals surface area contributed by atoms with Crippen LogP contribution in [0, 0.1) is 0 Å². The molecule has 0 spiro atoms. The van der Waals surface area contributed by atoms with E-state index in [0.29, 0.717) is 10.0 Å². The molecule has 1 aromatic carbocycles. The highest BCUT2D eigenvalue weighted by Crippen LogP contribution is 2.25. The SMILES string of the molecule is C=CCN[C@H](C)c1ccc(Cl)cc1Cl. The normalized spacial score (nSPS) is 12.5. The van der Waals surface area contributed by atoms with Crippen molar-refractivity contribution in [3.63, 3.8) is 0 Å². The van der Waals surface area contributed by atoms with E-state index in [9.17, 15) is 0 Å². The zero-order valence-electron chi connectivity index (χ0n) is 8.06. The second-order valence-electron chi connectivity index (χ2n) is 3.08. The van der Waals surface area contributed by atoms with Crippen LogP contribution in [0.15, 0.2) is 30.9 Å². The molecule has 1 aromatic rings. The van der Waals surface area contributed by atoms with Gasteiger partial charge in [-0.1, -0.05) is 35.3 Å². The fraction of sp³-hybridized carbons (Fsp3) is 0.273. The van der Waals surface area contributed by atoms with Crippen LogP contribution in [-0.4, -0.2) is 6.54 Å². The molecule has 1 atom stereocenters. The van der Waals surface area contributed by atoms with Gasteiger partial charge >= 0.3 is 0 Å². The fourth-order valence-electron chi connectivity index (χ4n) is 1.22. The first-order chi connectivity index (χ1) is 6.65. The van der Waals surface area contributed by atoms with E-state index in [-0.39, 0.29) is 6.04 Å². The quantitative estimate of drug-likeness (QED) is 0.775. The first-order valence-corrected chi connectivity index (χ1v) is 5.20. The van der Waals surface area contributed by atoms with Crippen LogP contribution < -0.4 is 5.32 Å². The van der Waals surface area contributed by atoms with E-state index in [4.69, 9.17) is 23.2 Å². The summed E-state index contributed by atoms with van der Waals surface area (Å²) in [6.07, 6.45) is 1.82. The third-order valence-corrected chi connectivity index (χ3v) is 2.56. The van der Waals surface area contributed by atoms with Gasteiger partial charge in [0.15, 0.2) is 0 Å². The fourth-order valence-corrected chi connectivity index (χ4v) is 1.79. The summed E-state index contributed by atoms with van der Waals surface area (Å²) in [5.41, 5.74) is 1.05. The Morgan fingerprint density at radius 2 is 2.21 bits per heavy atom. The third-order valence-electron chi connectivity index (χ3n) is 2.00. The monoisotopic (exact) mass is 229 g/mol. The molecule has 0 heterocycles. The van der Waals surface area contributed by atoms with Gasteiger partial charge in [0.1, 0.15) is 0 Å². The zero-order chi connectivity index (χ0) is 10.6. The average molecular weight is 230 g/mol. The Balaban J connectivity index is 2.78. The van der Waals surface area contributed by atoms with E-state index in [2.05, 4.69) is 18.8 Å². The molecule has 76 valence electrons. The minimum Gasteiger partial charge on any atom is -0.307 e. The Morgan fingerprint density at radius 1 is 1.50 bits per heavy atom. The highest BCUT2D eigenvalue weighted by atomic mass is 35.5. The molecule has 1 nitrogen and oxygen atoms in total. The molecule has 0 unspecified atom stereocenters. The first kappa shape index (κ1) is 11.6. The van der Waals surface area contributed by atoms with Gasteiger partial charge in [-0.3, -0.25) is 0 Å². The van der Waals surface area contributed by atoms with Crippen LogP contribution >= 0.6 is 23.2 Å². The first-order valence-electron chi connectivity index (χ1n) is 4.44. The largest absolute Gasteiger partial charge is 0.307 e. The van der Waals surface area contributed by atoms with Crippen molar-refractivity contribution in [1.29, 1.82) is 0 Å².